The molecular weight excluding hydrogens is 356 g/mol. The van der Waals surface area contributed by atoms with Crippen molar-refractivity contribution in [3.8, 4) is 16.9 Å². The molecule has 2 N–H and O–H groups in total. The number of hydrogen-bond acceptors (Lipinski definition) is 4. The fourth-order valence-electron chi connectivity index (χ4n) is 3.55. The van der Waals surface area contributed by atoms with E-state index in [2.05, 4.69) is 15.3 Å². The number of carbonyl (C=O) groups excluding carboxylic acids is 1. The van der Waals surface area contributed by atoms with Crippen LogP contribution in [0.15, 0.2) is 65.8 Å². The predicted octanol–water partition coefficient (Wildman–Crippen LogP) is 3.00. The van der Waals surface area contributed by atoms with Gasteiger partial charge in [-0.2, -0.15) is 0 Å². The first-order valence-corrected chi connectivity index (χ1v) is 8.82. The summed E-state index contributed by atoms with van der Waals surface area (Å²) in [7, 11) is 1.71. The Morgan fingerprint density at radius 1 is 1.07 bits per heavy atom. The topological polar surface area (TPSA) is 89.0 Å². The molecule has 7 nitrogen and oxygen atoms in total. The van der Waals surface area contributed by atoms with Crippen LogP contribution in [0.1, 0.15) is 11.8 Å². The first-order chi connectivity index (χ1) is 13.6. The van der Waals surface area contributed by atoms with Crippen LogP contribution < -0.4 is 15.6 Å². The van der Waals surface area contributed by atoms with E-state index in [1.807, 2.05) is 24.3 Å². The largest absolute Gasteiger partial charge is 0.471 e. The highest BCUT2D eigenvalue weighted by atomic mass is 16.5. The van der Waals surface area contributed by atoms with Gasteiger partial charge >= 0.3 is 0 Å². The lowest BCUT2D eigenvalue weighted by Crippen LogP contribution is -2.31. The van der Waals surface area contributed by atoms with Gasteiger partial charge in [0.25, 0.3) is 11.5 Å². The van der Waals surface area contributed by atoms with Gasteiger partial charge in [0, 0.05) is 42.2 Å². The van der Waals surface area contributed by atoms with Gasteiger partial charge in [-0.05, 0) is 24.3 Å². The number of nitrogens with one attached hydrogen (secondary N) is 2. The summed E-state index contributed by atoms with van der Waals surface area (Å²) in [6.45, 7) is 0. The normalized spacial score (nSPS) is 15.8. The smallest absolute Gasteiger partial charge is 0.274 e. The third-order valence-corrected chi connectivity index (χ3v) is 4.89. The maximum absolute atomic E-state index is 12.5. The minimum atomic E-state index is -0.843. The molecule has 0 fully saturated rings. The molecule has 1 aromatic carbocycles. The summed E-state index contributed by atoms with van der Waals surface area (Å²) in [6.07, 6.45) is 4.31. The van der Waals surface area contributed by atoms with Gasteiger partial charge in [-0.3, -0.25) is 14.6 Å². The van der Waals surface area contributed by atoms with E-state index >= 15 is 0 Å². The molecule has 0 spiro atoms. The van der Waals surface area contributed by atoms with Crippen molar-refractivity contribution in [2.24, 2.45) is 7.05 Å². The third-order valence-electron chi connectivity index (χ3n) is 4.89. The third kappa shape index (κ3) is 2.40. The highest BCUT2D eigenvalue weighted by Gasteiger charge is 2.32. The van der Waals surface area contributed by atoms with Gasteiger partial charge in [-0.15, -0.1) is 0 Å². The number of rotatable bonds is 2. The lowest BCUT2D eigenvalue weighted by atomic mass is 10.0. The fourth-order valence-corrected chi connectivity index (χ4v) is 3.55. The number of hydrogen-bond donors (Lipinski definition) is 2. The van der Waals surface area contributed by atoms with Crippen LogP contribution in [0.5, 0.6) is 5.75 Å². The highest BCUT2D eigenvalue weighted by molar-refractivity contribution is 6.02. The van der Waals surface area contributed by atoms with Crippen LogP contribution in [0.25, 0.3) is 22.0 Å². The lowest BCUT2D eigenvalue weighted by Gasteiger charge is -2.27. The number of nitrogens with zero attached hydrogens (tertiary/aromatic N) is 2. The Labute approximate surface area is 159 Å². The second-order valence-electron chi connectivity index (χ2n) is 6.65. The number of carbonyl (C=O) groups is 1. The number of fused-ring (bicyclic) bond motifs is 2. The van der Waals surface area contributed by atoms with Gasteiger partial charge in [0.1, 0.15) is 5.52 Å². The number of benzene rings is 1. The Morgan fingerprint density at radius 2 is 1.96 bits per heavy atom. The minimum absolute atomic E-state index is 0.103. The summed E-state index contributed by atoms with van der Waals surface area (Å²) < 4.78 is 7.67. The second-order valence-corrected chi connectivity index (χ2v) is 6.65. The molecule has 1 amide bonds. The molecule has 4 heterocycles. The number of para-hydroxylation sites is 1. The fraction of sp³-hybridized carbons (Fsp3) is 0.0952. The first kappa shape index (κ1) is 16.3. The summed E-state index contributed by atoms with van der Waals surface area (Å²) in [6, 6.07) is 12.8. The molecule has 0 saturated carbocycles. The van der Waals surface area contributed by atoms with Crippen molar-refractivity contribution in [2.75, 3.05) is 5.32 Å². The predicted molar refractivity (Wildman–Crippen MR) is 105 cm³/mol. The molecule has 0 bridgehead atoms. The molecule has 1 unspecified atom stereocenters. The number of aryl methyl sites for hydroxylation is 1. The Morgan fingerprint density at radius 3 is 2.79 bits per heavy atom. The zero-order valence-electron chi connectivity index (χ0n) is 15.0. The average Bonchev–Trinajstić information content (AvgIpc) is 3.21. The first-order valence-electron chi connectivity index (χ1n) is 8.82. The average molecular weight is 372 g/mol. The highest BCUT2D eigenvalue weighted by Crippen LogP contribution is 2.43. The molecule has 0 aliphatic carbocycles. The Balaban J connectivity index is 1.71. The molecule has 4 aromatic rings. The van der Waals surface area contributed by atoms with Gasteiger partial charge in [0.05, 0.1) is 11.4 Å². The minimum Gasteiger partial charge on any atom is -0.471 e. The molecule has 28 heavy (non-hydrogen) atoms. The summed E-state index contributed by atoms with van der Waals surface area (Å²) in [4.78, 5) is 32.2. The monoisotopic (exact) mass is 372 g/mol. The van der Waals surface area contributed by atoms with E-state index in [-0.39, 0.29) is 11.5 Å². The summed E-state index contributed by atoms with van der Waals surface area (Å²) in [5.74, 6) is 0.287. The Bertz CT molecular complexity index is 1270. The maximum Gasteiger partial charge on any atom is 0.274 e. The molecule has 138 valence electrons. The summed E-state index contributed by atoms with van der Waals surface area (Å²) in [5.41, 5.74) is 3.18. The lowest BCUT2D eigenvalue weighted by molar-refractivity contribution is -0.123. The number of aromatic nitrogens is 3. The zero-order chi connectivity index (χ0) is 19.3. The zero-order valence-corrected chi connectivity index (χ0v) is 15.0. The molecule has 0 radical (unpaired) electrons. The van der Waals surface area contributed by atoms with Crippen molar-refractivity contribution in [1.29, 1.82) is 0 Å². The number of aromatic amines is 1. The van der Waals surface area contributed by atoms with Crippen molar-refractivity contribution in [1.82, 2.24) is 14.5 Å². The van der Waals surface area contributed by atoms with Crippen LogP contribution in [-0.4, -0.2) is 20.4 Å². The molecule has 0 saturated heterocycles. The van der Waals surface area contributed by atoms with Gasteiger partial charge in [0.15, 0.2) is 5.75 Å². The van der Waals surface area contributed by atoms with E-state index in [9.17, 15) is 9.59 Å². The van der Waals surface area contributed by atoms with Crippen LogP contribution in [0, 0.1) is 0 Å². The number of ether oxygens (including phenoxy) is 1. The number of H-pyrrole nitrogens is 1. The van der Waals surface area contributed by atoms with E-state index in [0.29, 0.717) is 22.6 Å². The van der Waals surface area contributed by atoms with E-state index in [1.165, 1.54) is 4.57 Å². The van der Waals surface area contributed by atoms with Crippen LogP contribution in [0.4, 0.5) is 5.69 Å². The van der Waals surface area contributed by atoms with E-state index in [1.54, 1.807) is 43.8 Å². The Kier molecular flexibility index (Phi) is 3.55. The van der Waals surface area contributed by atoms with Crippen LogP contribution >= 0.6 is 0 Å². The van der Waals surface area contributed by atoms with Crippen molar-refractivity contribution < 1.29 is 9.53 Å². The Hall–Kier alpha value is -3.87. The van der Waals surface area contributed by atoms with Crippen molar-refractivity contribution in [3.63, 3.8) is 0 Å². The summed E-state index contributed by atoms with van der Waals surface area (Å²) in [5, 5.41) is 3.70. The van der Waals surface area contributed by atoms with Crippen molar-refractivity contribution >= 4 is 22.5 Å². The van der Waals surface area contributed by atoms with E-state index in [0.717, 1.165) is 16.5 Å². The van der Waals surface area contributed by atoms with Crippen molar-refractivity contribution in [3.05, 3.63) is 77.1 Å². The van der Waals surface area contributed by atoms with Gasteiger partial charge < -0.3 is 19.6 Å². The molecule has 5 rings (SSSR count). The number of pyridine rings is 2. The van der Waals surface area contributed by atoms with Crippen LogP contribution in [0.2, 0.25) is 0 Å². The maximum atomic E-state index is 12.5. The van der Waals surface area contributed by atoms with Crippen molar-refractivity contribution in [2.45, 2.75) is 6.10 Å². The quantitative estimate of drug-likeness (QED) is 0.566. The van der Waals surface area contributed by atoms with Crippen LogP contribution in [0.3, 0.4) is 0 Å². The number of amides is 1. The number of anilines is 1. The summed E-state index contributed by atoms with van der Waals surface area (Å²) >= 11 is 0. The van der Waals surface area contributed by atoms with E-state index < -0.39 is 6.10 Å². The van der Waals surface area contributed by atoms with Gasteiger partial charge in [-0.1, -0.05) is 18.2 Å². The molecule has 1 aliphatic rings. The van der Waals surface area contributed by atoms with Gasteiger partial charge in [0.2, 0.25) is 6.10 Å². The molecule has 7 heteroatoms. The molecular formula is C21H16N4O3. The molecule has 3 aromatic heterocycles. The molecule has 1 atom stereocenters. The SMILES string of the molecule is Cn1cc(-c2cccc3c2OC(c2ccccn2)C(=O)N3)c2cc[nH]c2c1=O. The second kappa shape index (κ2) is 6.09. The van der Waals surface area contributed by atoms with Gasteiger partial charge in [-0.25, -0.2) is 0 Å². The van der Waals surface area contributed by atoms with E-state index in [4.69, 9.17) is 4.74 Å². The molecule has 1 aliphatic heterocycles. The van der Waals surface area contributed by atoms with Crippen LogP contribution in [-0.2, 0) is 11.8 Å². The standard InChI is InChI=1S/C21H16N4O3/c1-25-11-14(12-8-10-23-17(12)21(25)27)13-5-4-7-16-18(13)28-19(20(26)24-16)15-6-2-3-9-22-15/h2-11,19,23H,1H3,(H,24,26).